The average Bonchev–Trinajstić information content (AvgIpc) is 2.55. The van der Waals surface area contributed by atoms with Gasteiger partial charge in [0, 0.05) is 11.4 Å². The smallest absolute Gasteiger partial charge is 0.345 e. The van der Waals surface area contributed by atoms with E-state index in [-0.39, 0.29) is 0 Å². The van der Waals surface area contributed by atoms with Gasteiger partial charge in [-0.1, -0.05) is 49.2 Å². The molecule has 3 nitrogen and oxygen atoms in total. The third-order valence-corrected chi connectivity index (χ3v) is 3.88. The summed E-state index contributed by atoms with van der Waals surface area (Å²) in [5.41, 5.74) is 2.23. The van der Waals surface area contributed by atoms with Crippen LogP contribution < -0.4 is 4.74 Å². The Morgan fingerprint density at radius 3 is 2.26 bits per heavy atom. The molecule has 4 heteroatoms. The second-order valence-corrected chi connectivity index (χ2v) is 5.96. The lowest BCUT2D eigenvalue weighted by molar-refractivity contribution is -0.145. The van der Waals surface area contributed by atoms with E-state index in [0.717, 1.165) is 24.8 Å². The van der Waals surface area contributed by atoms with Crippen LogP contribution in [0.1, 0.15) is 30.9 Å². The highest BCUT2D eigenvalue weighted by Gasteiger charge is 2.20. The van der Waals surface area contributed by atoms with Crippen LogP contribution in [0.25, 0.3) is 0 Å². The minimum atomic E-state index is -0.977. The number of carbonyl (C=O) groups is 1. The molecule has 2 rings (SSSR count). The van der Waals surface area contributed by atoms with Crippen LogP contribution in [-0.2, 0) is 17.6 Å². The number of aryl methyl sites for hydroxylation is 1. The Morgan fingerprint density at radius 1 is 1.09 bits per heavy atom. The van der Waals surface area contributed by atoms with Crippen LogP contribution in [0.5, 0.6) is 5.75 Å². The van der Waals surface area contributed by atoms with Gasteiger partial charge in [-0.05, 0) is 48.2 Å². The van der Waals surface area contributed by atoms with Crippen LogP contribution in [-0.4, -0.2) is 17.2 Å². The van der Waals surface area contributed by atoms with Crippen molar-refractivity contribution < 1.29 is 14.6 Å². The standard InChI is InChI=1S/C19H21ClO3/c1-2-3-4-14-5-7-15(8-6-14)13-18(19(21)22)23-17-11-9-16(20)10-12-17/h5-12,18H,2-4,13H2,1H3,(H,21,22)/t18-/m0/s1. The lowest BCUT2D eigenvalue weighted by atomic mass is 10.0. The first-order valence-corrected chi connectivity index (χ1v) is 8.19. The predicted molar refractivity (Wildman–Crippen MR) is 92.3 cm³/mol. The Kier molecular flexibility index (Phi) is 6.48. The number of halogens is 1. The van der Waals surface area contributed by atoms with Gasteiger partial charge in [0.15, 0.2) is 6.10 Å². The second kappa shape index (κ2) is 8.59. The molecular weight excluding hydrogens is 312 g/mol. The van der Waals surface area contributed by atoms with Gasteiger partial charge in [-0.15, -0.1) is 0 Å². The van der Waals surface area contributed by atoms with Crippen molar-refractivity contribution in [2.24, 2.45) is 0 Å². The van der Waals surface area contributed by atoms with Gasteiger partial charge in [-0.25, -0.2) is 4.79 Å². The summed E-state index contributed by atoms with van der Waals surface area (Å²) >= 11 is 5.82. The monoisotopic (exact) mass is 332 g/mol. The van der Waals surface area contributed by atoms with Crippen LogP contribution in [0.2, 0.25) is 5.02 Å². The van der Waals surface area contributed by atoms with Crippen molar-refractivity contribution in [3.8, 4) is 5.75 Å². The summed E-state index contributed by atoms with van der Waals surface area (Å²) in [5, 5.41) is 9.96. The number of carboxylic acid groups (broad SMARTS) is 1. The number of ether oxygens (including phenoxy) is 1. The minimum absolute atomic E-state index is 0.325. The molecule has 0 bridgehead atoms. The van der Waals surface area contributed by atoms with Crippen LogP contribution in [0.3, 0.4) is 0 Å². The summed E-state index contributed by atoms with van der Waals surface area (Å²) in [5.74, 6) is -0.476. The maximum Gasteiger partial charge on any atom is 0.345 e. The van der Waals surface area contributed by atoms with Gasteiger partial charge in [0.05, 0.1) is 0 Å². The zero-order chi connectivity index (χ0) is 16.7. The van der Waals surface area contributed by atoms with E-state index >= 15 is 0 Å². The highest BCUT2D eigenvalue weighted by atomic mass is 35.5. The predicted octanol–water partition coefficient (Wildman–Crippen LogP) is 4.76. The van der Waals surface area contributed by atoms with Crippen molar-refractivity contribution in [3.05, 3.63) is 64.7 Å². The van der Waals surface area contributed by atoms with E-state index in [9.17, 15) is 9.90 Å². The van der Waals surface area contributed by atoms with E-state index in [4.69, 9.17) is 16.3 Å². The largest absolute Gasteiger partial charge is 0.478 e. The molecule has 1 N–H and O–H groups in total. The van der Waals surface area contributed by atoms with Crippen molar-refractivity contribution in [1.29, 1.82) is 0 Å². The fourth-order valence-electron chi connectivity index (χ4n) is 2.29. The van der Waals surface area contributed by atoms with E-state index in [1.165, 1.54) is 5.56 Å². The van der Waals surface area contributed by atoms with Gasteiger partial charge in [-0.2, -0.15) is 0 Å². The molecule has 2 aromatic carbocycles. The van der Waals surface area contributed by atoms with Gasteiger partial charge in [-0.3, -0.25) is 0 Å². The first-order chi connectivity index (χ1) is 11.1. The van der Waals surface area contributed by atoms with E-state index in [1.54, 1.807) is 24.3 Å². The second-order valence-electron chi connectivity index (χ2n) is 5.52. The van der Waals surface area contributed by atoms with Crippen LogP contribution in [0.15, 0.2) is 48.5 Å². The van der Waals surface area contributed by atoms with Crippen molar-refractivity contribution in [2.45, 2.75) is 38.7 Å². The Bertz CT molecular complexity index is 620. The molecule has 0 saturated heterocycles. The van der Waals surface area contributed by atoms with Gasteiger partial charge < -0.3 is 9.84 Å². The van der Waals surface area contributed by atoms with Crippen LogP contribution in [0, 0.1) is 0 Å². The lowest BCUT2D eigenvalue weighted by Crippen LogP contribution is -2.29. The molecule has 0 amide bonds. The van der Waals surface area contributed by atoms with Gasteiger partial charge in [0.25, 0.3) is 0 Å². The van der Waals surface area contributed by atoms with E-state index in [0.29, 0.717) is 17.2 Å². The normalized spacial score (nSPS) is 11.9. The van der Waals surface area contributed by atoms with Gasteiger partial charge >= 0.3 is 5.97 Å². The first kappa shape index (κ1) is 17.4. The SMILES string of the molecule is CCCCc1ccc(C[C@H](Oc2ccc(Cl)cc2)C(=O)O)cc1. The molecule has 0 aliphatic rings. The summed E-state index contributed by atoms with van der Waals surface area (Å²) in [6.07, 6.45) is 2.79. The summed E-state index contributed by atoms with van der Waals surface area (Å²) in [7, 11) is 0. The topological polar surface area (TPSA) is 46.5 Å². The van der Waals surface area contributed by atoms with Gasteiger partial charge in [0.2, 0.25) is 0 Å². The van der Waals surface area contributed by atoms with Gasteiger partial charge in [0.1, 0.15) is 5.75 Å². The molecule has 0 aromatic heterocycles. The van der Waals surface area contributed by atoms with E-state index in [1.807, 2.05) is 12.1 Å². The Labute approximate surface area is 141 Å². The molecule has 0 aliphatic heterocycles. The molecule has 0 radical (unpaired) electrons. The molecule has 0 heterocycles. The minimum Gasteiger partial charge on any atom is -0.478 e. The Morgan fingerprint density at radius 2 is 1.70 bits per heavy atom. The highest BCUT2D eigenvalue weighted by molar-refractivity contribution is 6.30. The highest BCUT2D eigenvalue weighted by Crippen LogP contribution is 2.19. The fourth-order valence-corrected chi connectivity index (χ4v) is 2.42. The van der Waals surface area contributed by atoms with Crippen molar-refractivity contribution in [3.63, 3.8) is 0 Å². The first-order valence-electron chi connectivity index (χ1n) is 7.81. The molecule has 0 saturated carbocycles. The van der Waals surface area contributed by atoms with Crippen molar-refractivity contribution in [2.75, 3.05) is 0 Å². The summed E-state index contributed by atoms with van der Waals surface area (Å²) in [4.78, 5) is 11.4. The van der Waals surface area contributed by atoms with Crippen molar-refractivity contribution >= 4 is 17.6 Å². The Hall–Kier alpha value is -2.00. The number of hydrogen-bond acceptors (Lipinski definition) is 2. The van der Waals surface area contributed by atoms with Crippen LogP contribution in [0.4, 0.5) is 0 Å². The molecule has 0 aliphatic carbocycles. The summed E-state index contributed by atoms with van der Waals surface area (Å²) < 4.78 is 5.57. The third kappa shape index (κ3) is 5.61. The Balaban J connectivity index is 2.01. The number of rotatable bonds is 8. The zero-order valence-electron chi connectivity index (χ0n) is 13.2. The maximum absolute atomic E-state index is 11.4. The molecule has 0 unspecified atom stereocenters. The number of unbranched alkanes of at least 4 members (excludes halogenated alkanes) is 1. The summed E-state index contributed by atoms with van der Waals surface area (Å²) in [6.45, 7) is 2.17. The van der Waals surface area contributed by atoms with E-state index in [2.05, 4.69) is 19.1 Å². The molecule has 0 spiro atoms. The number of carboxylic acids is 1. The molecule has 23 heavy (non-hydrogen) atoms. The lowest BCUT2D eigenvalue weighted by Gasteiger charge is -2.15. The fraction of sp³-hybridized carbons (Fsp3) is 0.316. The summed E-state index contributed by atoms with van der Waals surface area (Å²) in [6, 6.07) is 14.8. The molecule has 122 valence electrons. The third-order valence-electron chi connectivity index (χ3n) is 3.63. The number of aliphatic carboxylic acids is 1. The molecule has 2 aromatic rings. The quantitative estimate of drug-likeness (QED) is 0.758. The zero-order valence-corrected chi connectivity index (χ0v) is 13.9. The van der Waals surface area contributed by atoms with E-state index < -0.39 is 12.1 Å². The molecular formula is C19H21ClO3. The number of benzene rings is 2. The van der Waals surface area contributed by atoms with Crippen LogP contribution >= 0.6 is 11.6 Å². The maximum atomic E-state index is 11.4. The molecule has 0 fully saturated rings. The molecule has 1 atom stereocenters. The van der Waals surface area contributed by atoms with Crippen molar-refractivity contribution in [1.82, 2.24) is 0 Å². The number of hydrogen-bond donors (Lipinski definition) is 1. The average molecular weight is 333 g/mol.